The Labute approximate surface area is 100 Å². The third-order valence-electron chi connectivity index (χ3n) is 3.84. The number of hydrogen-bond acceptors (Lipinski definition) is 2. The highest BCUT2D eigenvalue weighted by atomic mass is 15.2. The van der Waals surface area contributed by atoms with Crippen molar-refractivity contribution >= 4 is 0 Å². The van der Waals surface area contributed by atoms with Gasteiger partial charge >= 0.3 is 0 Å². The summed E-state index contributed by atoms with van der Waals surface area (Å²) in [6.07, 6.45) is 6.79. The van der Waals surface area contributed by atoms with Crippen molar-refractivity contribution in [1.82, 2.24) is 10.2 Å². The van der Waals surface area contributed by atoms with Crippen LogP contribution in [0, 0.1) is 5.92 Å². The summed E-state index contributed by atoms with van der Waals surface area (Å²) >= 11 is 0. The molecule has 2 heteroatoms. The largest absolute Gasteiger partial charge is 0.317 e. The third-order valence-corrected chi connectivity index (χ3v) is 3.84. The van der Waals surface area contributed by atoms with Gasteiger partial charge in [-0.1, -0.05) is 5.57 Å². The van der Waals surface area contributed by atoms with Crippen LogP contribution in [0.15, 0.2) is 12.2 Å². The molecule has 1 aliphatic heterocycles. The summed E-state index contributed by atoms with van der Waals surface area (Å²) in [4.78, 5) is 2.73. The topological polar surface area (TPSA) is 15.3 Å². The molecule has 0 spiro atoms. The van der Waals surface area contributed by atoms with Gasteiger partial charge in [-0.15, -0.1) is 6.58 Å². The van der Waals surface area contributed by atoms with Crippen molar-refractivity contribution in [2.24, 2.45) is 5.92 Å². The van der Waals surface area contributed by atoms with Crippen LogP contribution in [0.25, 0.3) is 0 Å². The number of hydrogen-bond donors (Lipinski definition) is 1. The van der Waals surface area contributed by atoms with Gasteiger partial charge in [-0.25, -0.2) is 0 Å². The smallest absolute Gasteiger partial charge is 0.00966 e. The lowest BCUT2D eigenvalue weighted by molar-refractivity contribution is 0.199. The first-order chi connectivity index (χ1) is 7.75. The molecule has 2 aliphatic rings. The van der Waals surface area contributed by atoms with Gasteiger partial charge in [0.2, 0.25) is 0 Å². The minimum Gasteiger partial charge on any atom is -0.317 e. The standard InChI is InChI=1S/C14H26N2/c1-12(2)7-10-16(14-3-4-14)11-13-5-8-15-9-6-13/h13-15H,1,3-11H2,2H3. The van der Waals surface area contributed by atoms with Crippen molar-refractivity contribution in [3.05, 3.63) is 12.2 Å². The average molecular weight is 222 g/mol. The summed E-state index contributed by atoms with van der Waals surface area (Å²) in [7, 11) is 0. The summed E-state index contributed by atoms with van der Waals surface area (Å²) < 4.78 is 0. The highest BCUT2D eigenvalue weighted by Crippen LogP contribution is 2.29. The van der Waals surface area contributed by atoms with Crippen LogP contribution >= 0.6 is 0 Å². The molecule has 2 rings (SSSR count). The third kappa shape index (κ3) is 3.91. The lowest BCUT2D eigenvalue weighted by Crippen LogP contribution is -2.37. The van der Waals surface area contributed by atoms with Gasteiger partial charge in [0.15, 0.2) is 0 Å². The van der Waals surface area contributed by atoms with E-state index in [1.165, 1.54) is 63.9 Å². The molecule has 0 radical (unpaired) electrons. The summed E-state index contributed by atoms with van der Waals surface area (Å²) in [6.45, 7) is 11.2. The predicted octanol–water partition coefficient (Wildman–Crippen LogP) is 2.42. The molecule has 0 aromatic carbocycles. The number of nitrogens with zero attached hydrogens (tertiary/aromatic N) is 1. The fourth-order valence-electron chi connectivity index (χ4n) is 2.59. The van der Waals surface area contributed by atoms with E-state index in [0.717, 1.165) is 12.0 Å². The van der Waals surface area contributed by atoms with Crippen LogP contribution in [0.4, 0.5) is 0 Å². The summed E-state index contributed by atoms with van der Waals surface area (Å²) in [5, 5.41) is 3.45. The number of rotatable bonds is 6. The number of nitrogens with one attached hydrogen (secondary N) is 1. The monoisotopic (exact) mass is 222 g/mol. The molecule has 0 aromatic heterocycles. The van der Waals surface area contributed by atoms with Gasteiger partial charge < -0.3 is 5.32 Å². The van der Waals surface area contributed by atoms with E-state index < -0.39 is 0 Å². The second-order valence-electron chi connectivity index (χ2n) is 5.63. The summed E-state index contributed by atoms with van der Waals surface area (Å²) in [5.41, 5.74) is 1.33. The molecule has 0 bridgehead atoms. The molecule has 0 atom stereocenters. The highest BCUT2D eigenvalue weighted by Gasteiger charge is 2.30. The van der Waals surface area contributed by atoms with Crippen LogP contribution in [0.2, 0.25) is 0 Å². The molecule has 0 amide bonds. The Hall–Kier alpha value is -0.340. The summed E-state index contributed by atoms with van der Waals surface area (Å²) in [6, 6.07) is 0.911. The van der Waals surface area contributed by atoms with Gasteiger partial charge in [0.05, 0.1) is 0 Å². The van der Waals surface area contributed by atoms with E-state index >= 15 is 0 Å². The first kappa shape index (κ1) is 12.1. The fraction of sp³-hybridized carbons (Fsp3) is 0.857. The molecule has 0 aromatic rings. The number of piperidine rings is 1. The molecule has 1 saturated carbocycles. The Morgan fingerprint density at radius 2 is 1.94 bits per heavy atom. The second kappa shape index (κ2) is 5.83. The van der Waals surface area contributed by atoms with Gasteiger partial charge in [0.25, 0.3) is 0 Å². The minimum atomic E-state index is 0.911. The maximum absolute atomic E-state index is 4.02. The van der Waals surface area contributed by atoms with Crippen molar-refractivity contribution in [2.75, 3.05) is 26.2 Å². The Bertz CT molecular complexity index is 227. The molecule has 2 nitrogen and oxygen atoms in total. The van der Waals surface area contributed by atoms with Crippen LogP contribution in [0.1, 0.15) is 39.0 Å². The summed E-state index contributed by atoms with van der Waals surface area (Å²) in [5.74, 6) is 0.937. The van der Waals surface area contributed by atoms with E-state index in [0.29, 0.717) is 0 Å². The van der Waals surface area contributed by atoms with E-state index in [9.17, 15) is 0 Å². The highest BCUT2D eigenvalue weighted by molar-refractivity contribution is 4.92. The van der Waals surface area contributed by atoms with E-state index in [1.807, 2.05) is 0 Å². The Morgan fingerprint density at radius 1 is 1.25 bits per heavy atom. The molecule has 1 saturated heterocycles. The molecule has 2 fully saturated rings. The Morgan fingerprint density at radius 3 is 2.50 bits per heavy atom. The van der Waals surface area contributed by atoms with Crippen LogP contribution in [-0.4, -0.2) is 37.1 Å². The lowest BCUT2D eigenvalue weighted by atomic mass is 9.97. The van der Waals surface area contributed by atoms with E-state index in [2.05, 4.69) is 23.7 Å². The van der Waals surface area contributed by atoms with Gasteiger partial charge in [-0.05, 0) is 58.0 Å². The zero-order chi connectivity index (χ0) is 11.4. The maximum atomic E-state index is 4.02. The Balaban J connectivity index is 1.75. The second-order valence-corrected chi connectivity index (χ2v) is 5.63. The minimum absolute atomic E-state index is 0.911. The van der Waals surface area contributed by atoms with Crippen molar-refractivity contribution in [3.8, 4) is 0 Å². The molecule has 16 heavy (non-hydrogen) atoms. The first-order valence-electron chi connectivity index (χ1n) is 6.85. The maximum Gasteiger partial charge on any atom is 0.00966 e. The molecule has 92 valence electrons. The molecule has 1 N–H and O–H groups in total. The van der Waals surface area contributed by atoms with Crippen molar-refractivity contribution in [2.45, 2.75) is 45.1 Å². The molecular formula is C14H26N2. The molecule has 1 heterocycles. The molecular weight excluding hydrogens is 196 g/mol. The van der Waals surface area contributed by atoms with Crippen molar-refractivity contribution < 1.29 is 0 Å². The SMILES string of the molecule is C=C(C)CCN(CC1CCNCC1)C1CC1. The first-order valence-corrected chi connectivity index (χ1v) is 6.85. The molecule has 0 unspecified atom stereocenters. The van der Waals surface area contributed by atoms with Gasteiger partial charge in [-0.3, -0.25) is 4.90 Å². The van der Waals surface area contributed by atoms with Crippen molar-refractivity contribution in [3.63, 3.8) is 0 Å². The quantitative estimate of drug-likeness (QED) is 0.694. The lowest BCUT2D eigenvalue weighted by Gasteiger charge is -2.30. The zero-order valence-corrected chi connectivity index (χ0v) is 10.7. The zero-order valence-electron chi connectivity index (χ0n) is 10.7. The normalized spacial score (nSPS) is 22.6. The van der Waals surface area contributed by atoms with E-state index in [-0.39, 0.29) is 0 Å². The van der Waals surface area contributed by atoms with E-state index in [1.54, 1.807) is 0 Å². The van der Waals surface area contributed by atoms with Crippen molar-refractivity contribution in [1.29, 1.82) is 0 Å². The van der Waals surface area contributed by atoms with Crippen LogP contribution in [0.5, 0.6) is 0 Å². The van der Waals surface area contributed by atoms with Gasteiger partial charge in [0.1, 0.15) is 0 Å². The van der Waals surface area contributed by atoms with Gasteiger partial charge in [0, 0.05) is 19.1 Å². The van der Waals surface area contributed by atoms with Crippen LogP contribution < -0.4 is 5.32 Å². The molecule has 1 aliphatic carbocycles. The fourth-order valence-corrected chi connectivity index (χ4v) is 2.59. The van der Waals surface area contributed by atoms with E-state index in [4.69, 9.17) is 0 Å². The van der Waals surface area contributed by atoms with Crippen LogP contribution in [-0.2, 0) is 0 Å². The average Bonchev–Trinajstić information content (AvgIpc) is 3.09. The predicted molar refractivity (Wildman–Crippen MR) is 69.6 cm³/mol. The van der Waals surface area contributed by atoms with Gasteiger partial charge in [-0.2, -0.15) is 0 Å². The Kier molecular flexibility index (Phi) is 4.42. The van der Waals surface area contributed by atoms with Crippen LogP contribution in [0.3, 0.4) is 0 Å².